The molecule has 9 heteroatoms. The van der Waals surface area contributed by atoms with Crippen LogP contribution >= 0.6 is 11.6 Å². The minimum atomic E-state index is -5.05. The van der Waals surface area contributed by atoms with Gasteiger partial charge in [-0.05, 0) is 32.9 Å². The number of nitrogens with one attached hydrogen (secondary N) is 1. The third-order valence-electron chi connectivity index (χ3n) is 2.48. The summed E-state index contributed by atoms with van der Waals surface area (Å²) in [6.45, 7) is 4.27. The molecule has 0 aliphatic rings. The maximum Gasteiger partial charge on any atom is 0.412 e. The molecular weight excluding hydrogens is 337 g/mol. The van der Waals surface area contributed by atoms with Gasteiger partial charge in [-0.2, -0.15) is 13.2 Å². The monoisotopic (exact) mass is 349 g/mol. The summed E-state index contributed by atoms with van der Waals surface area (Å²) in [5.41, 5.74) is -1.30. The van der Waals surface area contributed by atoms with Gasteiger partial charge in [0, 0.05) is 11.4 Å². The van der Waals surface area contributed by atoms with Crippen molar-refractivity contribution in [3.05, 3.63) is 34.4 Å². The van der Waals surface area contributed by atoms with E-state index in [4.69, 9.17) is 11.6 Å². The van der Waals surface area contributed by atoms with Gasteiger partial charge in [-0.3, -0.25) is 0 Å². The number of rotatable bonds is 3. The highest BCUT2D eigenvalue weighted by Crippen LogP contribution is 2.38. The predicted octanol–water partition coefficient (Wildman–Crippen LogP) is 4.27. The van der Waals surface area contributed by atoms with Gasteiger partial charge >= 0.3 is 6.18 Å². The highest BCUT2D eigenvalue weighted by atomic mass is 35.5. The lowest BCUT2D eigenvalue weighted by atomic mass is 10.1. The van der Waals surface area contributed by atoms with Crippen molar-refractivity contribution in [2.45, 2.75) is 37.7 Å². The lowest BCUT2D eigenvalue weighted by molar-refractivity contribution is -0.154. The zero-order valence-electron chi connectivity index (χ0n) is 11.3. The quantitative estimate of drug-likeness (QED) is 0.502. The minimum Gasteiger partial charge on any atom is -0.598 e. The van der Waals surface area contributed by atoms with Crippen LogP contribution in [0, 0.1) is 11.6 Å². The Balaban J connectivity index is 3.32. The molecule has 120 valence electrons. The zero-order chi connectivity index (χ0) is 16.6. The molecule has 1 aromatic carbocycles. The van der Waals surface area contributed by atoms with E-state index in [1.165, 1.54) is 20.8 Å². The van der Waals surface area contributed by atoms with Crippen LogP contribution < -0.4 is 4.72 Å². The smallest absolute Gasteiger partial charge is 0.412 e. The third-order valence-corrected chi connectivity index (χ3v) is 4.33. The van der Waals surface area contributed by atoms with Crippen molar-refractivity contribution >= 4 is 23.0 Å². The van der Waals surface area contributed by atoms with Crippen molar-refractivity contribution in [3.63, 3.8) is 0 Å². The van der Waals surface area contributed by atoms with Crippen molar-refractivity contribution in [1.29, 1.82) is 0 Å². The Kier molecular flexibility index (Phi) is 5.52. The van der Waals surface area contributed by atoms with E-state index in [1.54, 1.807) is 4.72 Å². The molecule has 0 spiro atoms. The van der Waals surface area contributed by atoms with Gasteiger partial charge in [0.1, 0.15) is 16.4 Å². The molecule has 2 atom stereocenters. The first-order chi connectivity index (χ1) is 9.35. The van der Waals surface area contributed by atoms with E-state index in [1.807, 2.05) is 0 Å². The Morgan fingerprint density at radius 2 is 1.71 bits per heavy atom. The first-order valence-electron chi connectivity index (χ1n) is 5.74. The van der Waals surface area contributed by atoms with Gasteiger partial charge in [-0.1, -0.05) is 11.6 Å². The van der Waals surface area contributed by atoms with E-state index in [0.29, 0.717) is 6.07 Å². The summed E-state index contributed by atoms with van der Waals surface area (Å²) in [7, 11) is 0. The van der Waals surface area contributed by atoms with Gasteiger partial charge < -0.3 is 4.55 Å². The Labute approximate surface area is 127 Å². The molecule has 0 amide bonds. The fourth-order valence-corrected chi connectivity index (χ4v) is 2.36. The standard InChI is InChI=1S/C12H13ClF5NOS/c1-11(2,3)21(20)19-10(12(16,17)18)8-7(14)5-4-6(13)9(8)15/h4-5,10,19H,1-3H3/t10?,21-/m0/s1. The highest BCUT2D eigenvalue weighted by molar-refractivity contribution is 7.90. The lowest BCUT2D eigenvalue weighted by Crippen LogP contribution is -2.46. The molecule has 0 heterocycles. The average molecular weight is 350 g/mol. The molecule has 0 aliphatic carbocycles. The van der Waals surface area contributed by atoms with Crippen molar-refractivity contribution in [2.24, 2.45) is 0 Å². The van der Waals surface area contributed by atoms with E-state index in [0.717, 1.165) is 6.07 Å². The van der Waals surface area contributed by atoms with Gasteiger partial charge in [0.2, 0.25) is 0 Å². The second-order valence-corrected chi connectivity index (χ2v) is 7.64. The van der Waals surface area contributed by atoms with Crippen molar-refractivity contribution in [2.75, 3.05) is 0 Å². The number of hydrogen-bond donors (Lipinski definition) is 1. The number of alkyl halides is 3. The summed E-state index contributed by atoms with van der Waals surface area (Å²) < 4.78 is 79.1. The van der Waals surface area contributed by atoms with Gasteiger partial charge in [0.15, 0.2) is 6.04 Å². The van der Waals surface area contributed by atoms with Crippen molar-refractivity contribution in [3.8, 4) is 0 Å². The van der Waals surface area contributed by atoms with Crippen LogP contribution in [0.4, 0.5) is 22.0 Å². The third kappa shape index (κ3) is 4.45. The first kappa shape index (κ1) is 18.5. The van der Waals surface area contributed by atoms with Gasteiger partial charge in [0.05, 0.1) is 10.6 Å². The molecule has 1 rings (SSSR count). The summed E-state index contributed by atoms with van der Waals surface area (Å²) in [6, 6.07) is -1.33. The number of halogens is 6. The van der Waals surface area contributed by atoms with E-state index < -0.39 is 50.5 Å². The Morgan fingerprint density at radius 3 is 2.14 bits per heavy atom. The molecule has 0 aliphatic heterocycles. The topological polar surface area (TPSA) is 35.1 Å². The summed E-state index contributed by atoms with van der Waals surface area (Å²) >= 11 is 3.21. The van der Waals surface area contributed by atoms with Crippen LogP contribution in [0.25, 0.3) is 0 Å². The fraction of sp³-hybridized carbons (Fsp3) is 0.500. The Bertz CT molecular complexity index is 518. The molecule has 2 nitrogen and oxygen atoms in total. The molecule has 0 saturated heterocycles. The summed E-state index contributed by atoms with van der Waals surface area (Å²) in [4.78, 5) is 0. The van der Waals surface area contributed by atoms with Crippen LogP contribution in [0.1, 0.15) is 32.4 Å². The minimum absolute atomic E-state index is 0.626. The van der Waals surface area contributed by atoms with Gasteiger partial charge in [-0.15, -0.1) is 4.72 Å². The molecule has 0 radical (unpaired) electrons. The average Bonchev–Trinajstić information content (AvgIpc) is 2.30. The van der Waals surface area contributed by atoms with Crippen LogP contribution in [0.2, 0.25) is 5.02 Å². The van der Waals surface area contributed by atoms with Crippen molar-refractivity contribution < 1.29 is 26.5 Å². The molecule has 0 fully saturated rings. The van der Waals surface area contributed by atoms with Crippen LogP contribution in [0.5, 0.6) is 0 Å². The van der Waals surface area contributed by atoms with E-state index in [2.05, 4.69) is 0 Å². The molecule has 0 aromatic heterocycles. The molecule has 1 aromatic rings. The normalized spacial score (nSPS) is 15.9. The largest absolute Gasteiger partial charge is 0.598 e. The van der Waals surface area contributed by atoms with E-state index >= 15 is 0 Å². The molecule has 1 N–H and O–H groups in total. The molecule has 0 bridgehead atoms. The second-order valence-electron chi connectivity index (χ2n) is 5.23. The lowest BCUT2D eigenvalue weighted by Gasteiger charge is -2.29. The zero-order valence-corrected chi connectivity index (χ0v) is 12.9. The molecule has 21 heavy (non-hydrogen) atoms. The Hall–Kier alpha value is -0.570. The number of benzene rings is 1. The fourth-order valence-electron chi connectivity index (χ4n) is 1.38. The maximum absolute atomic E-state index is 13.8. The molecule has 1 unspecified atom stereocenters. The summed E-state index contributed by atoms with van der Waals surface area (Å²) in [5.74, 6) is -2.95. The summed E-state index contributed by atoms with van der Waals surface area (Å²) in [6.07, 6.45) is -5.05. The number of hydrogen-bond acceptors (Lipinski definition) is 2. The van der Waals surface area contributed by atoms with E-state index in [9.17, 15) is 26.5 Å². The van der Waals surface area contributed by atoms with Gasteiger partial charge in [-0.25, -0.2) is 8.78 Å². The highest BCUT2D eigenvalue weighted by Gasteiger charge is 2.48. The van der Waals surface area contributed by atoms with Gasteiger partial charge in [0.25, 0.3) is 0 Å². The van der Waals surface area contributed by atoms with Crippen LogP contribution in [0.3, 0.4) is 0 Å². The second kappa shape index (κ2) is 6.28. The molecule has 0 saturated carbocycles. The maximum atomic E-state index is 13.8. The Morgan fingerprint density at radius 1 is 1.19 bits per heavy atom. The van der Waals surface area contributed by atoms with Crippen LogP contribution in [0.15, 0.2) is 12.1 Å². The molecular formula is C12H13ClF5NOS. The van der Waals surface area contributed by atoms with E-state index in [-0.39, 0.29) is 0 Å². The first-order valence-corrected chi connectivity index (χ1v) is 7.26. The van der Waals surface area contributed by atoms with Crippen LogP contribution in [-0.2, 0) is 11.4 Å². The summed E-state index contributed by atoms with van der Waals surface area (Å²) in [5, 5.41) is -0.649. The van der Waals surface area contributed by atoms with Crippen molar-refractivity contribution in [1.82, 2.24) is 4.72 Å². The predicted molar refractivity (Wildman–Crippen MR) is 71.2 cm³/mol. The SMILES string of the molecule is CC(C)(C)[S@+]([O-])NC(c1c(F)ccc(Cl)c1F)C(F)(F)F. The van der Waals surface area contributed by atoms with Crippen LogP contribution in [-0.4, -0.2) is 15.5 Å².